The van der Waals surface area contributed by atoms with E-state index in [4.69, 9.17) is 0 Å². The predicted octanol–water partition coefficient (Wildman–Crippen LogP) is 2.34. The average Bonchev–Trinajstić information content (AvgIpc) is 1.88. The second-order valence-electron chi connectivity index (χ2n) is 2.47. The summed E-state index contributed by atoms with van der Waals surface area (Å²) in [4.78, 5) is 3.92. The Morgan fingerprint density at radius 3 is 2.70 bits per heavy atom. The molecule has 1 unspecified atom stereocenters. The summed E-state index contributed by atoms with van der Waals surface area (Å²) >= 11 is 2.26. The van der Waals surface area contributed by atoms with Crippen molar-refractivity contribution in [2.24, 2.45) is 10.9 Å². The highest BCUT2D eigenvalue weighted by molar-refractivity contribution is 14.1. The minimum absolute atomic E-state index is 0.759. The number of aliphatic imine (C=N–C) groups is 1. The molecule has 1 atom stereocenters. The molecule has 0 radical (unpaired) electrons. The van der Waals surface area contributed by atoms with Gasteiger partial charge in [-0.1, -0.05) is 20.3 Å². The zero-order valence-electron chi connectivity index (χ0n) is 6.84. The Hall–Kier alpha value is 0.200. The molecule has 0 spiro atoms. The van der Waals surface area contributed by atoms with E-state index in [9.17, 15) is 0 Å². The molecule has 0 saturated heterocycles. The van der Waals surface area contributed by atoms with Crippen LogP contribution in [-0.2, 0) is 0 Å². The van der Waals surface area contributed by atoms with Crippen LogP contribution in [0.5, 0.6) is 0 Å². The van der Waals surface area contributed by atoms with Gasteiger partial charge in [-0.25, -0.2) is 0 Å². The number of hydrogen-bond acceptors (Lipinski definition) is 1. The SMILES string of the molecule is CCC(C)CN(I)C=NC. The first-order valence-electron chi connectivity index (χ1n) is 3.55. The molecule has 0 aromatic carbocycles. The molecular formula is C7H15IN2. The summed E-state index contributed by atoms with van der Waals surface area (Å²) in [5.74, 6) is 0.759. The Morgan fingerprint density at radius 2 is 2.30 bits per heavy atom. The van der Waals surface area contributed by atoms with Gasteiger partial charge in [0, 0.05) is 13.6 Å². The zero-order chi connectivity index (χ0) is 7.98. The number of hydrogen-bond donors (Lipinski definition) is 0. The lowest BCUT2D eigenvalue weighted by atomic mass is 10.1. The third-order valence-corrected chi connectivity index (χ3v) is 2.07. The van der Waals surface area contributed by atoms with Crippen LogP contribution in [0.1, 0.15) is 20.3 Å². The predicted molar refractivity (Wildman–Crippen MR) is 54.6 cm³/mol. The van der Waals surface area contributed by atoms with E-state index in [-0.39, 0.29) is 0 Å². The van der Waals surface area contributed by atoms with E-state index in [1.54, 1.807) is 7.05 Å². The first kappa shape index (κ1) is 10.2. The van der Waals surface area contributed by atoms with E-state index in [0.29, 0.717) is 0 Å². The van der Waals surface area contributed by atoms with Crippen LogP contribution in [0, 0.1) is 5.92 Å². The lowest BCUT2D eigenvalue weighted by Gasteiger charge is -2.14. The van der Waals surface area contributed by atoms with Gasteiger partial charge in [0.05, 0.1) is 29.2 Å². The van der Waals surface area contributed by atoms with E-state index in [0.717, 1.165) is 12.5 Å². The van der Waals surface area contributed by atoms with Gasteiger partial charge in [0.25, 0.3) is 0 Å². The van der Waals surface area contributed by atoms with Gasteiger partial charge >= 0.3 is 0 Å². The Balaban J connectivity index is 3.46. The van der Waals surface area contributed by atoms with Crippen LogP contribution < -0.4 is 0 Å². The van der Waals surface area contributed by atoms with Gasteiger partial charge < -0.3 is 3.11 Å². The molecule has 0 aromatic heterocycles. The van der Waals surface area contributed by atoms with Crippen molar-refractivity contribution in [3.8, 4) is 0 Å². The van der Waals surface area contributed by atoms with Crippen molar-refractivity contribution >= 4 is 29.2 Å². The normalized spacial score (nSPS) is 14.0. The van der Waals surface area contributed by atoms with E-state index in [2.05, 4.69) is 44.8 Å². The van der Waals surface area contributed by atoms with Crippen molar-refractivity contribution in [2.75, 3.05) is 13.6 Å². The fourth-order valence-corrected chi connectivity index (χ4v) is 1.52. The summed E-state index contributed by atoms with van der Waals surface area (Å²) in [5, 5.41) is 0. The van der Waals surface area contributed by atoms with Gasteiger partial charge in [0.1, 0.15) is 0 Å². The van der Waals surface area contributed by atoms with Gasteiger partial charge in [-0.3, -0.25) is 4.99 Å². The van der Waals surface area contributed by atoms with E-state index >= 15 is 0 Å². The highest BCUT2D eigenvalue weighted by Crippen LogP contribution is 2.05. The van der Waals surface area contributed by atoms with Gasteiger partial charge in [-0.15, -0.1) is 0 Å². The Kier molecular flexibility index (Phi) is 6.06. The summed E-state index contributed by atoms with van der Waals surface area (Å²) in [6.45, 7) is 5.54. The molecular weight excluding hydrogens is 239 g/mol. The van der Waals surface area contributed by atoms with Gasteiger partial charge in [-0.2, -0.15) is 0 Å². The molecule has 0 rings (SSSR count). The zero-order valence-corrected chi connectivity index (χ0v) is 9.00. The van der Waals surface area contributed by atoms with Crippen molar-refractivity contribution in [1.29, 1.82) is 0 Å². The molecule has 0 aromatic rings. The molecule has 0 amide bonds. The fraction of sp³-hybridized carbons (Fsp3) is 0.857. The van der Waals surface area contributed by atoms with Crippen molar-refractivity contribution in [3.05, 3.63) is 0 Å². The highest BCUT2D eigenvalue weighted by atomic mass is 127. The Morgan fingerprint density at radius 1 is 1.70 bits per heavy atom. The van der Waals surface area contributed by atoms with Crippen molar-refractivity contribution in [3.63, 3.8) is 0 Å². The number of halogens is 1. The minimum Gasteiger partial charge on any atom is -0.305 e. The average molecular weight is 254 g/mol. The number of rotatable bonds is 4. The molecule has 10 heavy (non-hydrogen) atoms. The summed E-state index contributed by atoms with van der Waals surface area (Å²) in [6.07, 6.45) is 3.09. The first-order chi connectivity index (χ1) is 4.70. The minimum atomic E-state index is 0.759. The van der Waals surface area contributed by atoms with Crippen LogP contribution in [0.2, 0.25) is 0 Å². The summed E-state index contributed by atoms with van der Waals surface area (Å²) in [6, 6.07) is 0. The summed E-state index contributed by atoms with van der Waals surface area (Å²) in [5.41, 5.74) is 0. The molecule has 0 N–H and O–H groups in total. The molecule has 0 heterocycles. The fourth-order valence-electron chi connectivity index (χ4n) is 0.599. The maximum atomic E-state index is 3.92. The van der Waals surface area contributed by atoms with Gasteiger partial charge in [-0.05, 0) is 5.92 Å². The van der Waals surface area contributed by atoms with E-state index in [1.807, 2.05) is 6.34 Å². The molecule has 0 bridgehead atoms. The number of nitrogens with zero attached hydrogens (tertiary/aromatic N) is 2. The second-order valence-corrected chi connectivity index (χ2v) is 3.71. The third-order valence-electron chi connectivity index (χ3n) is 1.42. The molecule has 0 aliphatic rings. The van der Waals surface area contributed by atoms with Gasteiger partial charge in [0.15, 0.2) is 0 Å². The molecule has 3 heteroatoms. The molecule has 60 valence electrons. The molecule has 0 aliphatic carbocycles. The maximum Gasteiger partial charge on any atom is 0.0933 e. The van der Waals surface area contributed by atoms with Crippen LogP contribution in [-0.4, -0.2) is 23.0 Å². The molecule has 2 nitrogen and oxygen atoms in total. The molecule has 0 fully saturated rings. The van der Waals surface area contributed by atoms with Crippen LogP contribution >= 0.6 is 22.9 Å². The first-order valence-corrected chi connectivity index (χ1v) is 4.51. The van der Waals surface area contributed by atoms with E-state index < -0.39 is 0 Å². The summed E-state index contributed by atoms with van der Waals surface area (Å²) < 4.78 is 2.09. The summed E-state index contributed by atoms with van der Waals surface area (Å²) in [7, 11) is 1.79. The van der Waals surface area contributed by atoms with Crippen molar-refractivity contribution in [1.82, 2.24) is 3.11 Å². The third kappa shape index (κ3) is 5.02. The quantitative estimate of drug-likeness (QED) is 0.325. The van der Waals surface area contributed by atoms with Gasteiger partial charge in [0.2, 0.25) is 0 Å². The lowest BCUT2D eigenvalue weighted by Crippen LogP contribution is -2.16. The van der Waals surface area contributed by atoms with E-state index in [1.165, 1.54) is 6.42 Å². The topological polar surface area (TPSA) is 15.6 Å². The largest absolute Gasteiger partial charge is 0.305 e. The highest BCUT2D eigenvalue weighted by Gasteiger charge is 2.00. The molecule has 0 aliphatic heterocycles. The van der Waals surface area contributed by atoms with Crippen molar-refractivity contribution < 1.29 is 0 Å². The smallest absolute Gasteiger partial charge is 0.0933 e. The van der Waals surface area contributed by atoms with Crippen LogP contribution in [0.4, 0.5) is 0 Å². The monoisotopic (exact) mass is 254 g/mol. The van der Waals surface area contributed by atoms with Crippen LogP contribution in [0.15, 0.2) is 4.99 Å². The second kappa shape index (κ2) is 5.95. The lowest BCUT2D eigenvalue weighted by molar-refractivity contribution is 0.496. The standard InChI is InChI=1S/C7H15IN2/c1-4-7(2)5-10(8)6-9-3/h6-7H,4-5H2,1-3H3. The Labute approximate surface area is 77.2 Å². The Bertz CT molecular complexity index is 104. The molecule has 0 saturated carbocycles. The van der Waals surface area contributed by atoms with Crippen LogP contribution in [0.3, 0.4) is 0 Å². The maximum absolute atomic E-state index is 3.92. The van der Waals surface area contributed by atoms with Crippen molar-refractivity contribution in [2.45, 2.75) is 20.3 Å². The van der Waals surface area contributed by atoms with Crippen LogP contribution in [0.25, 0.3) is 0 Å².